The highest BCUT2D eigenvalue weighted by Gasteiger charge is 2.24. The Balaban J connectivity index is 1.75. The zero-order valence-electron chi connectivity index (χ0n) is 12.2. The molecule has 3 rings (SSSR count). The van der Waals surface area contributed by atoms with E-state index in [0.717, 1.165) is 15.8 Å². The summed E-state index contributed by atoms with van der Waals surface area (Å²) in [4.78, 5) is 15.7. The number of fused-ring (bicyclic) bond motifs is 1. The fourth-order valence-corrected chi connectivity index (χ4v) is 2.85. The average molecular weight is 365 g/mol. The van der Waals surface area contributed by atoms with Gasteiger partial charge in [-0.2, -0.15) is 0 Å². The summed E-state index contributed by atoms with van der Waals surface area (Å²) in [6.45, 7) is 0.477. The molecule has 2 aromatic heterocycles. The maximum Gasteiger partial charge on any atom is 0.355 e. The topological polar surface area (TPSA) is 81.6 Å². The molecule has 0 atom stereocenters. The first-order chi connectivity index (χ1) is 10.6. The van der Waals surface area contributed by atoms with Gasteiger partial charge in [-0.3, -0.25) is 0 Å². The summed E-state index contributed by atoms with van der Waals surface area (Å²) in [7, 11) is 1.29. The van der Waals surface area contributed by atoms with Gasteiger partial charge in [-0.25, -0.2) is 9.78 Å². The summed E-state index contributed by atoms with van der Waals surface area (Å²) in [5.41, 5.74) is 8.66. The van der Waals surface area contributed by atoms with Gasteiger partial charge in [0.1, 0.15) is 5.70 Å². The molecule has 0 aliphatic heterocycles. The number of carbonyl (C=O) groups is 1. The summed E-state index contributed by atoms with van der Waals surface area (Å²) in [5.74, 6) is 0.131. The summed E-state index contributed by atoms with van der Waals surface area (Å²) >= 11 is 3.58. The van der Waals surface area contributed by atoms with Crippen LogP contribution in [0, 0.1) is 0 Å². The van der Waals surface area contributed by atoms with Crippen molar-refractivity contribution < 1.29 is 9.53 Å². The molecule has 1 aliphatic carbocycles. The Morgan fingerprint density at radius 2 is 2.36 bits per heavy atom. The molecule has 1 aliphatic rings. The maximum absolute atomic E-state index is 11.2. The summed E-state index contributed by atoms with van der Waals surface area (Å²) in [6.07, 6.45) is 8.06. The van der Waals surface area contributed by atoms with Gasteiger partial charge in [0.05, 0.1) is 23.8 Å². The lowest BCUT2D eigenvalue weighted by Gasteiger charge is -2.01. The standard InChI is InChI=1S/C15H17BrN4O2/c1-22-15(21)13(17)6-18-5-11-8-20-7-10(9-2-3-9)4-12(16)14(20)19-11/h4,6-9,18H,2-3,5,17H2,1H3/b13-6-. The number of nitrogens with zero attached hydrogens (tertiary/aromatic N) is 2. The van der Waals surface area contributed by atoms with E-state index in [4.69, 9.17) is 5.73 Å². The number of halogens is 1. The van der Waals surface area contributed by atoms with E-state index in [9.17, 15) is 4.79 Å². The van der Waals surface area contributed by atoms with E-state index in [-0.39, 0.29) is 5.70 Å². The van der Waals surface area contributed by atoms with Crippen LogP contribution in [0.15, 0.2) is 34.8 Å². The van der Waals surface area contributed by atoms with E-state index in [1.165, 1.54) is 31.7 Å². The van der Waals surface area contributed by atoms with E-state index in [0.29, 0.717) is 12.5 Å². The molecule has 0 aromatic carbocycles. The number of nitrogens with two attached hydrogens (primary N) is 1. The van der Waals surface area contributed by atoms with Gasteiger partial charge >= 0.3 is 5.97 Å². The lowest BCUT2D eigenvalue weighted by Crippen LogP contribution is -2.17. The number of nitrogens with one attached hydrogen (secondary N) is 1. The molecule has 0 saturated heterocycles. The number of hydrogen-bond acceptors (Lipinski definition) is 5. The molecule has 1 saturated carbocycles. The molecule has 2 heterocycles. The molecule has 116 valence electrons. The lowest BCUT2D eigenvalue weighted by molar-refractivity contribution is -0.136. The smallest absolute Gasteiger partial charge is 0.355 e. The number of methoxy groups -OCH3 is 1. The van der Waals surface area contributed by atoms with Gasteiger partial charge in [0, 0.05) is 18.6 Å². The van der Waals surface area contributed by atoms with Crippen LogP contribution >= 0.6 is 15.9 Å². The number of carbonyl (C=O) groups excluding carboxylic acids is 1. The number of imidazole rings is 1. The first-order valence-corrected chi connectivity index (χ1v) is 7.82. The van der Waals surface area contributed by atoms with Crippen molar-refractivity contribution in [3.05, 3.63) is 46.1 Å². The Morgan fingerprint density at radius 1 is 1.59 bits per heavy atom. The third kappa shape index (κ3) is 3.09. The molecule has 0 radical (unpaired) electrons. The van der Waals surface area contributed by atoms with Gasteiger partial charge < -0.3 is 20.2 Å². The number of esters is 1. The normalized spacial score (nSPS) is 15.1. The van der Waals surface area contributed by atoms with Crippen LogP contribution in [-0.4, -0.2) is 22.5 Å². The highest BCUT2D eigenvalue weighted by atomic mass is 79.9. The molecule has 0 spiro atoms. The monoisotopic (exact) mass is 364 g/mol. The zero-order chi connectivity index (χ0) is 15.7. The van der Waals surface area contributed by atoms with Crippen LogP contribution in [0.3, 0.4) is 0 Å². The van der Waals surface area contributed by atoms with E-state index in [1.54, 1.807) is 0 Å². The average Bonchev–Trinajstić information content (AvgIpc) is 3.27. The number of aromatic nitrogens is 2. The van der Waals surface area contributed by atoms with Crippen molar-refractivity contribution in [1.82, 2.24) is 14.7 Å². The predicted octanol–water partition coefficient (Wildman–Crippen LogP) is 2.04. The van der Waals surface area contributed by atoms with E-state index < -0.39 is 5.97 Å². The molecule has 0 unspecified atom stereocenters. The van der Waals surface area contributed by atoms with Crippen LogP contribution in [0.1, 0.15) is 30.0 Å². The Bertz CT molecular complexity index is 749. The van der Waals surface area contributed by atoms with E-state index >= 15 is 0 Å². The number of rotatable bonds is 5. The van der Waals surface area contributed by atoms with Crippen LogP contribution in [0.2, 0.25) is 0 Å². The van der Waals surface area contributed by atoms with Gasteiger partial charge in [-0.05, 0) is 46.3 Å². The summed E-state index contributed by atoms with van der Waals surface area (Å²) < 4.78 is 7.55. The molecule has 7 heteroatoms. The fraction of sp³-hybridized carbons (Fsp3) is 0.333. The van der Waals surface area contributed by atoms with Crippen molar-refractivity contribution in [3.8, 4) is 0 Å². The summed E-state index contributed by atoms with van der Waals surface area (Å²) in [6, 6.07) is 2.15. The molecule has 0 bridgehead atoms. The van der Waals surface area contributed by atoms with Crippen molar-refractivity contribution in [2.45, 2.75) is 25.3 Å². The number of ether oxygens (including phenoxy) is 1. The number of hydrogen-bond donors (Lipinski definition) is 2. The largest absolute Gasteiger partial charge is 0.464 e. The van der Waals surface area contributed by atoms with Crippen molar-refractivity contribution in [2.24, 2.45) is 5.73 Å². The Morgan fingerprint density at radius 3 is 3.05 bits per heavy atom. The second-order valence-corrected chi connectivity index (χ2v) is 6.19. The van der Waals surface area contributed by atoms with Gasteiger partial charge in [-0.1, -0.05) is 0 Å². The molecule has 0 amide bonds. The third-order valence-electron chi connectivity index (χ3n) is 3.59. The van der Waals surface area contributed by atoms with Gasteiger partial charge in [0.15, 0.2) is 5.65 Å². The minimum atomic E-state index is -0.556. The van der Waals surface area contributed by atoms with Crippen LogP contribution < -0.4 is 11.1 Å². The molecule has 2 aromatic rings. The van der Waals surface area contributed by atoms with Crippen LogP contribution in [0.5, 0.6) is 0 Å². The highest BCUT2D eigenvalue weighted by Crippen LogP contribution is 2.41. The van der Waals surface area contributed by atoms with Crippen molar-refractivity contribution in [2.75, 3.05) is 7.11 Å². The lowest BCUT2D eigenvalue weighted by atomic mass is 10.2. The second-order valence-electron chi connectivity index (χ2n) is 5.33. The van der Waals surface area contributed by atoms with Gasteiger partial charge in [0.2, 0.25) is 0 Å². The van der Waals surface area contributed by atoms with Crippen LogP contribution in [-0.2, 0) is 16.1 Å². The Hall–Kier alpha value is -2.02. The number of pyridine rings is 1. The first-order valence-electron chi connectivity index (χ1n) is 7.03. The fourth-order valence-electron chi connectivity index (χ4n) is 2.30. The zero-order valence-corrected chi connectivity index (χ0v) is 13.8. The molecule has 6 nitrogen and oxygen atoms in total. The molecule has 22 heavy (non-hydrogen) atoms. The SMILES string of the molecule is COC(=O)/C(N)=C/NCc1cn2cc(C3CC3)cc(Br)c2n1. The first kappa shape index (κ1) is 14.9. The van der Waals surface area contributed by atoms with Crippen molar-refractivity contribution in [1.29, 1.82) is 0 Å². The molecule has 1 fully saturated rings. The summed E-state index contributed by atoms with van der Waals surface area (Å²) in [5, 5.41) is 2.97. The van der Waals surface area contributed by atoms with Crippen molar-refractivity contribution >= 4 is 27.5 Å². The molecular formula is C15H17BrN4O2. The van der Waals surface area contributed by atoms with Gasteiger partial charge in [0.25, 0.3) is 0 Å². The maximum atomic E-state index is 11.2. The van der Waals surface area contributed by atoms with E-state index in [1.807, 2.05) is 10.6 Å². The molecule has 3 N–H and O–H groups in total. The molecular weight excluding hydrogens is 348 g/mol. The quantitative estimate of drug-likeness (QED) is 0.626. The predicted molar refractivity (Wildman–Crippen MR) is 86.0 cm³/mol. The van der Waals surface area contributed by atoms with Crippen LogP contribution in [0.4, 0.5) is 0 Å². The third-order valence-corrected chi connectivity index (χ3v) is 4.17. The minimum Gasteiger partial charge on any atom is -0.464 e. The van der Waals surface area contributed by atoms with Crippen molar-refractivity contribution in [3.63, 3.8) is 0 Å². The second kappa shape index (κ2) is 6.00. The van der Waals surface area contributed by atoms with Gasteiger partial charge in [-0.15, -0.1) is 0 Å². The Labute approximate surface area is 136 Å². The Kier molecular flexibility index (Phi) is 4.06. The van der Waals surface area contributed by atoms with E-state index in [2.05, 4.69) is 43.2 Å². The highest BCUT2D eigenvalue weighted by molar-refractivity contribution is 9.10. The minimum absolute atomic E-state index is 0.0310. The van der Waals surface area contributed by atoms with Crippen LogP contribution in [0.25, 0.3) is 5.65 Å².